The van der Waals surface area contributed by atoms with E-state index in [1.807, 2.05) is 84.0 Å². The number of allylic oxidation sites excluding steroid dienone is 1. The lowest BCUT2D eigenvalue weighted by Gasteiger charge is -2.61. The Bertz CT molecular complexity index is 2190. The topological polar surface area (TPSA) is 130 Å². The van der Waals surface area contributed by atoms with Gasteiger partial charge in [-0.15, -0.1) is 0 Å². The summed E-state index contributed by atoms with van der Waals surface area (Å²) in [5, 5.41) is 17.0. The average molecular weight is 878 g/mol. The van der Waals surface area contributed by atoms with Crippen LogP contribution in [0, 0.1) is 16.7 Å². The summed E-state index contributed by atoms with van der Waals surface area (Å²) in [6.07, 6.45) is -0.859. The molecule has 10 nitrogen and oxygen atoms in total. The number of nitrogens with one attached hydrogen (secondary N) is 1. The molecule has 2 fully saturated rings. The zero-order valence-corrected chi connectivity index (χ0v) is 39.7. The van der Waals surface area contributed by atoms with E-state index in [-0.39, 0.29) is 12.3 Å². The lowest BCUT2D eigenvalue weighted by atomic mass is 9.48. The molecule has 0 radical (unpaired) electrons. The summed E-state index contributed by atoms with van der Waals surface area (Å²) >= 11 is 0. The molecule has 63 heavy (non-hydrogen) atoms. The van der Waals surface area contributed by atoms with Gasteiger partial charge in [0.05, 0.1) is 17.7 Å². The van der Waals surface area contributed by atoms with Gasteiger partial charge in [0.1, 0.15) is 23.9 Å². The van der Waals surface area contributed by atoms with Crippen LogP contribution in [-0.2, 0) is 28.2 Å². The van der Waals surface area contributed by atoms with Crippen molar-refractivity contribution >= 4 is 26.2 Å². The number of hydrogen-bond donors (Lipinski definition) is 2. The fourth-order valence-electron chi connectivity index (χ4n) is 11.3. The second kappa shape index (κ2) is 17.9. The summed E-state index contributed by atoms with van der Waals surface area (Å²) in [5.74, 6) is -3.05. The lowest BCUT2D eigenvalue weighted by molar-refractivity contribution is -0.214. The summed E-state index contributed by atoms with van der Waals surface area (Å²) in [6, 6.07) is 28.5. The SMILES string of the molecule is CC[Si](CC)(CC)O[C@@H](C(=O)O[C@H]1C[C@@]2(O)[C@@H](OC(=O)c3ccccc3)[C@@H]3C(C)=CCC[C@@]3(C)[C@H]3OC(C)(C)O[C@@H]3C(=C1C)C2(C)C)[C@@H](NC(=O)c1ccccc1)c1ccccc1. The van der Waals surface area contributed by atoms with Crippen LogP contribution in [0.3, 0.4) is 0 Å². The fraction of sp³-hybridized carbons (Fsp3) is 0.519. The van der Waals surface area contributed by atoms with Gasteiger partial charge in [-0.1, -0.05) is 120 Å². The van der Waals surface area contributed by atoms with Crippen LogP contribution in [0.5, 0.6) is 0 Å². The molecular formula is C52H67NO9Si. The van der Waals surface area contributed by atoms with E-state index < -0.39 is 85.0 Å². The zero-order chi connectivity index (χ0) is 45.5. The van der Waals surface area contributed by atoms with E-state index in [1.54, 1.807) is 48.5 Å². The van der Waals surface area contributed by atoms with Crippen molar-refractivity contribution in [3.63, 3.8) is 0 Å². The molecule has 0 unspecified atom stereocenters. The van der Waals surface area contributed by atoms with E-state index >= 15 is 4.79 Å². The fourth-order valence-corrected chi connectivity index (χ4v) is 14.1. The van der Waals surface area contributed by atoms with E-state index in [9.17, 15) is 14.7 Å². The summed E-state index contributed by atoms with van der Waals surface area (Å²) in [7, 11) is -2.57. The Labute approximate surface area is 374 Å². The molecule has 0 aromatic heterocycles. The first-order valence-electron chi connectivity index (χ1n) is 22.9. The third-order valence-corrected chi connectivity index (χ3v) is 19.8. The average Bonchev–Trinajstić information content (AvgIpc) is 3.60. The first kappa shape index (κ1) is 46.6. The summed E-state index contributed by atoms with van der Waals surface area (Å²) in [5.41, 5.74) is 0.480. The Kier molecular flexibility index (Phi) is 13.2. The molecule has 11 heteroatoms. The van der Waals surface area contributed by atoms with Gasteiger partial charge in [0.2, 0.25) is 0 Å². The Morgan fingerprint density at radius 3 is 1.97 bits per heavy atom. The number of amides is 1. The van der Waals surface area contributed by atoms with Crippen molar-refractivity contribution in [2.75, 3.05) is 0 Å². The van der Waals surface area contributed by atoms with Gasteiger partial charge in [-0.2, -0.15) is 0 Å². The first-order chi connectivity index (χ1) is 29.8. The number of carbonyl (C=O) groups is 3. The normalized spacial score (nSPS) is 29.4. The number of rotatable bonds is 13. The third-order valence-electron chi connectivity index (χ3n) is 15.1. The van der Waals surface area contributed by atoms with Crippen LogP contribution in [0.1, 0.15) is 121 Å². The maximum atomic E-state index is 15.4. The predicted molar refractivity (Wildman–Crippen MR) is 245 cm³/mol. The number of benzene rings is 3. The number of esters is 2. The van der Waals surface area contributed by atoms with Crippen molar-refractivity contribution in [2.45, 2.75) is 155 Å². The van der Waals surface area contributed by atoms with Gasteiger partial charge in [-0.05, 0) is 99.6 Å². The quantitative estimate of drug-likeness (QED) is 0.0979. The van der Waals surface area contributed by atoms with Crippen molar-refractivity contribution < 1.29 is 42.9 Å². The molecule has 1 aliphatic heterocycles. The lowest BCUT2D eigenvalue weighted by Crippen LogP contribution is -2.69. The van der Waals surface area contributed by atoms with Gasteiger partial charge in [-0.3, -0.25) is 4.79 Å². The van der Waals surface area contributed by atoms with Crippen LogP contribution in [0.2, 0.25) is 18.1 Å². The van der Waals surface area contributed by atoms with Crippen molar-refractivity contribution in [3.8, 4) is 0 Å². The molecule has 9 atom stereocenters. The monoisotopic (exact) mass is 877 g/mol. The van der Waals surface area contributed by atoms with Crippen LogP contribution in [0.15, 0.2) is 114 Å². The number of fused-ring (bicyclic) bond motifs is 6. The highest BCUT2D eigenvalue weighted by atomic mass is 28.4. The number of carbonyl (C=O) groups excluding carboxylic acids is 3. The van der Waals surface area contributed by atoms with Crippen molar-refractivity contribution in [1.29, 1.82) is 0 Å². The van der Waals surface area contributed by atoms with E-state index in [0.29, 0.717) is 23.1 Å². The van der Waals surface area contributed by atoms with Crippen LogP contribution in [0.25, 0.3) is 0 Å². The summed E-state index contributed by atoms with van der Waals surface area (Å²) in [4.78, 5) is 43.8. The van der Waals surface area contributed by atoms with Gasteiger partial charge < -0.3 is 33.8 Å². The van der Waals surface area contributed by atoms with Gasteiger partial charge >= 0.3 is 11.9 Å². The van der Waals surface area contributed by atoms with Gasteiger partial charge in [0.25, 0.3) is 5.91 Å². The molecule has 3 aromatic rings. The van der Waals surface area contributed by atoms with Crippen LogP contribution in [0.4, 0.5) is 0 Å². The Balaban J connectivity index is 1.38. The number of aliphatic hydroxyl groups is 1. The van der Waals surface area contributed by atoms with E-state index in [2.05, 4.69) is 39.1 Å². The van der Waals surface area contributed by atoms with Gasteiger partial charge in [0, 0.05) is 28.7 Å². The second-order valence-electron chi connectivity index (χ2n) is 19.4. The van der Waals surface area contributed by atoms with Crippen molar-refractivity contribution in [2.24, 2.45) is 16.7 Å². The molecule has 2 N–H and O–H groups in total. The zero-order valence-electron chi connectivity index (χ0n) is 38.7. The standard InChI is InChI=1S/C52H67NO9Si/c1-11-63(12-2,13-3)62-43(41(35-25-17-14-18-26-35)53-46(54)36-27-19-15-20-28-36)48(56)58-38-32-52(57)44(59-47(55)37-29-21-16-22-30-37)39-33(4)24-23-31-51(39,10)45-42(60-50(8,9)61-45)40(34(38)5)49(52,6)7/h14-22,24-30,38-39,41-45,57H,11-13,23,31-32H2,1-10H3,(H,53,54)/t38-,39-,41-,42+,43+,44-,45-,51+,52+/m0/s1. The summed E-state index contributed by atoms with van der Waals surface area (Å²) in [6.45, 7) is 20.2. The molecule has 1 saturated carbocycles. The van der Waals surface area contributed by atoms with Crippen LogP contribution in [-0.4, -0.2) is 73.2 Å². The highest BCUT2D eigenvalue weighted by Gasteiger charge is 2.70. The second-order valence-corrected chi connectivity index (χ2v) is 24.1. The minimum absolute atomic E-state index is 0.0771. The molecular weight excluding hydrogens is 811 g/mol. The molecule has 1 amide bonds. The maximum absolute atomic E-state index is 15.4. The Morgan fingerprint density at radius 1 is 0.810 bits per heavy atom. The highest BCUT2D eigenvalue weighted by molar-refractivity contribution is 6.73. The molecule has 0 spiro atoms. The van der Waals surface area contributed by atoms with E-state index in [4.69, 9.17) is 23.4 Å². The highest BCUT2D eigenvalue weighted by Crippen LogP contribution is 2.64. The third kappa shape index (κ3) is 8.52. The largest absolute Gasteiger partial charge is 0.456 e. The first-order valence-corrected chi connectivity index (χ1v) is 25.4. The van der Waals surface area contributed by atoms with Crippen LogP contribution >= 0.6 is 0 Å². The molecule has 1 saturated heterocycles. The molecule has 3 aromatic carbocycles. The Hall–Kier alpha value is -4.39. The number of ether oxygens (including phenoxy) is 4. The minimum Gasteiger partial charge on any atom is -0.456 e. The maximum Gasteiger partial charge on any atom is 0.338 e. The van der Waals surface area contributed by atoms with Crippen molar-refractivity contribution in [3.05, 3.63) is 130 Å². The molecule has 4 aliphatic rings. The van der Waals surface area contributed by atoms with Crippen LogP contribution < -0.4 is 5.32 Å². The molecule has 1 heterocycles. The van der Waals surface area contributed by atoms with Gasteiger partial charge in [0.15, 0.2) is 20.2 Å². The van der Waals surface area contributed by atoms with Gasteiger partial charge in [-0.25, -0.2) is 9.59 Å². The molecule has 338 valence electrons. The molecule has 7 rings (SSSR count). The van der Waals surface area contributed by atoms with E-state index in [1.165, 1.54) is 0 Å². The summed E-state index contributed by atoms with van der Waals surface area (Å²) < 4.78 is 34.5. The predicted octanol–water partition coefficient (Wildman–Crippen LogP) is 10.1. The minimum atomic E-state index is -2.57. The number of hydrogen-bond acceptors (Lipinski definition) is 9. The molecule has 3 aliphatic carbocycles. The van der Waals surface area contributed by atoms with Crippen molar-refractivity contribution in [1.82, 2.24) is 5.32 Å². The van der Waals surface area contributed by atoms with E-state index in [0.717, 1.165) is 41.3 Å². The molecule has 2 bridgehead atoms. The smallest absolute Gasteiger partial charge is 0.338 e. The Morgan fingerprint density at radius 2 is 1.38 bits per heavy atom.